The molecule has 3 aromatic rings. The van der Waals surface area contributed by atoms with E-state index in [1.807, 2.05) is 58.0 Å². The highest BCUT2D eigenvalue weighted by molar-refractivity contribution is 5.95. The van der Waals surface area contributed by atoms with Crippen molar-refractivity contribution in [3.05, 3.63) is 71.3 Å². The number of amides is 1. The van der Waals surface area contributed by atoms with Crippen LogP contribution in [0.1, 0.15) is 48.5 Å². The first-order chi connectivity index (χ1) is 14.9. The van der Waals surface area contributed by atoms with Crippen LogP contribution in [-0.4, -0.2) is 34.9 Å². The summed E-state index contributed by atoms with van der Waals surface area (Å²) in [5, 5.41) is 3.11. The lowest BCUT2D eigenvalue weighted by atomic mass is 9.95. The molecular formula is C26H31N3O2. The molecule has 1 fully saturated rings. The van der Waals surface area contributed by atoms with E-state index in [0.717, 1.165) is 65.7 Å². The summed E-state index contributed by atoms with van der Waals surface area (Å²) in [5.41, 5.74) is 5.14. The van der Waals surface area contributed by atoms with E-state index >= 15 is 0 Å². The number of aryl methyl sites for hydroxylation is 3. The van der Waals surface area contributed by atoms with E-state index in [4.69, 9.17) is 9.40 Å². The molecule has 1 amide bonds. The first-order valence-electron chi connectivity index (χ1n) is 11.1. The minimum absolute atomic E-state index is 0.0467. The zero-order chi connectivity index (χ0) is 22.0. The van der Waals surface area contributed by atoms with E-state index in [1.165, 1.54) is 0 Å². The molecule has 162 valence electrons. The number of benzene rings is 2. The lowest BCUT2D eigenvalue weighted by molar-refractivity contribution is -0.121. The third kappa shape index (κ3) is 4.72. The van der Waals surface area contributed by atoms with Crippen molar-refractivity contribution in [2.75, 3.05) is 18.4 Å². The number of rotatable bonds is 5. The number of carbonyl (C=O) groups excluding carboxylic acids is 1. The average molecular weight is 418 g/mol. The number of hydrogen-bond donors (Lipinski definition) is 1. The monoisotopic (exact) mass is 417 g/mol. The molecule has 1 saturated heterocycles. The molecule has 0 aliphatic carbocycles. The van der Waals surface area contributed by atoms with Crippen molar-refractivity contribution < 1.29 is 9.21 Å². The maximum absolute atomic E-state index is 12.8. The van der Waals surface area contributed by atoms with Gasteiger partial charge in [-0.3, -0.25) is 9.69 Å². The smallest absolute Gasteiger partial charge is 0.241 e. The molecule has 2 heterocycles. The summed E-state index contributed by atoms with van der Waals surface area (Å²) >= 11 is 0. The SMILES string of the molecule is Cc1ccc(C)c(NC(=O)C(C)N2CCC(c3nc(-c4ccccc4)c(C)o3)CC2)c1. The number of likely N-dealkylation sites (tertiary alicyclic amines) is 1. The molecule has 0 bridgehead atoms. The highest BCUT2D eigenvalue weighted by Crippen LogP contribution is 2.32. The Bertz CT molecular complexity index is 1050. The zero-order valence-corrected chi connectivity index (χ0v) is 18.8. The normalized spacial score (nSPS) is 16.3. The van der Waals surface area contributed by atoms with Crippen molar-refractivity contribution in [3.63, 3.8) is 0 Å². The van der Waals surface area contributed by atoms with Crippen molar-refractivity contribution >= 4 is 11.6 Å². The Kier molecular flexibility index (Phi) is 6.23. The van der Waals surface area contributed by atoms with E-state index in [-0.39, 0.29) is 11.9 Å². The Morgan fingerprint density at radius 1 is 1.10 bits per heavy atom. The van der Waals surface area contributed by atoms with Gasteiger partial charge in [0.2, 0.25) is 5.91 Å². The molecule has 0 saturated carbocycles. The Morgan fingerprint density at radius 2 is 1.81 bits per heavy atom. The second-order valence-electron chi connectivity index (χ2n) is 8.62. The summed E-state index contributed by atoms with van der Waals surface area (Å²) in [6, 6.07) is 16.1. The molecule has 1 unspecified atom stereocenters. The topological polar surface area (TPSA) is 58.4 Å². The number of anilines is 1. The van der Waals surface area contributed by atoms with Crippen LogP contribution in [-0.2, 0) is 4.79 Å². The molecule has 0 spiro atoms. The van der Waals surface area contributed by atoms with Crippen LogP contribution < -0.4 is 5.32 Å². The molecule has 1 aliphatic rings. The highest BCUT2D eigenvalue weighted by atomic mass is 16.4. The number of aromatic nitrogens is 1. The first-order valence-corrected chi connectivity index (χ1v) is 11.1. The molecular weight excluding hydrogens is 386 g/mol. The quantitative estimate of drug-likeness (QED) is 0.598. The fourth-order valence-corrected chi connectivity index (χ4v) is 4.26. The number of nitrogens with one attached hydrogen (secondary N) is 1. The molecule has 4 rings (SSSR count). The van der Waals surface area contributed by atoms with E-state index in [0.29, 0.717) is 5.92 Å². The van der Waals surface area contributed by atoms with Gasteiger partial charge < -0.3 is 9.73 Å². The highest BCUT2D eigenvalue weighted by Gasteiger charge is 2.30. The average Bonchev–Trinajstić information content (AvgIpc) is 3.18. The van der Waals surface area contributed by atoms with E-state index in [9.17, 15) is 4.79 Å². The van der Waals surface area contributed by atoms with Gasteiger partial charge in [0.05, 0.1) is 6.04 Å². The fourth-order valence-electron chi connectivity index (χ4n) is 4.26. The second kappa shape index (κ2) is 9.06. The van der Waals surface area contributed by atoms with Crippen LogP contribution in [0.2, 0.25) is 0 Å². The van der Waals surface area contributed by atoms with Crippen LogP contribution in [0.3, 0.4) is 0 Å². The minimum Gasteiger partial charge on any atom is -0.445 e. The third-order valence-electron chi connectivity index (χ3n) is 6.32. The summed E-state index contributed by atoms with van der Waals surface area (Å²) in [6.07, 6.45) is 1.88. The van der Waals surface area contributed by atoms with Gasteiger partial charge in [-0.15, -0.1) is 0 Å². The molecule has 1 N–H and O–H groups in total. The zero-order valence-electron chi connectivity index (χ0n) is 18.8. The number of nitrogens with zero attached hydrogens (tertiary/aromatic N) is 2. The van der Waals surface area contributed by atoms with Gasteiger partial charge >= 0.3 is 0 Å². The Morgan fingerprint density at radius 3 is 2.52 bits per heavy atom. The van der Waals surface area contributed by atoms with Gasteiger partial charge in [-0.25, -0.2) is 4.98 Å². The lowest BCUT2D eigenvalue weighted by Gasteiger charge is -2.34. The summed E-state index contributed by atoms with van der Waals surface area (Å²) in [4.78, 5) is 19.9. The van der Waals surface area contributed by atoms with Crippen LogP contribution in [0.25, 0.3) is 11.3 Å². The minimum atomic E-state index is -0.174. The Hall–Kier alpha value is -2.92. The molecule has 31 heavy (non-hydrogen) atoms. The predicted octanol–water partition coefficient (Wildman–Crippen LogP) is 5.47. The molecule has 2 aromatic carbocycles. The summed E-state index contributed by atoms with van der Waals surface area (Å²) < 4.78 is 6.05. The third-order valence-corrected chi connectivity index (χ3v) is 6.32. The second-order valence-corrected chi connectivity index (χ2v) is 8.62. The van der Waals surface area contributed by atoms with Gasteiger partial charge in [0.25, 0.3) is 0 Å². The van der Waals surface area contributed by atoms with Gasteiger partial charge in [-0.1, -0.05) is 42.5 Å². The molecule has 5 heteroatoms. The number of hydrogen-bond acceptors (Lipinski definition) is 4. The maximum atomic E-state index is 12.8. The molecule has 0 radical (unpaired) electrons. The molecule has 1 atom stereocenters. The largest absolute Gasteiger partial charge is 0.445 e. The van der Waals surface area contributed by atoms with Gasteiger partial charge in [-0.05, 0) is 70.8 Å². The molecule has 1 aliphatic heterocycles. The number of carbonyl (C=O) groups is 1. The van der Waals surface area contributed by atoms with Crippen LogP contribution in [0.5, 0.6) is 0 Å². The number of piperidine rings is 1. The van der Waals surface area contributed by atoms with E-state index in [1.54, 1.807) is 0 Å². The summed E-state index contributed by atoms with van der Waals surface area (Å²) in [6.45, 7) is 9.74. The van der Waals surface area contributed by atoms with Gasteiger partial charge in [0.1, 0.15) is 11.5 Å². The Labute approximate surface area is 184 Å². The van der Waals surface area contributed by atoms with Gasteiger partial charge in [0.15, 0.2) is 5.89 Å². The lowest BCUT2D eigenvalue weighted by Crippen LogP contribution is -2.45. The predicted molar refractivity (Wildman–Crippen MR) is 124 cm³/mol. The van der Waals surface area contributed by atoms with Crippen LogP contribution in [0.4, 0.5) is 5.69 Å². The maximum Gasteiger partial charge on any atom is 0.241 e. The Balaban J connectivity index is 1.37. The van der Waals surface area contributed by atoms with Crippen molar-refractivity contribution in [2.24, 2.45) is 0 Å². The van der Waals surface area contributed by atoms with Crippen molar-refractivity contribution in [2.45, 2.75) is 52.5 Å². The van der Waals surface area contributed by atoms with Crippen LogP contribution >= 0.6 is 0 Å². The first kappa shape index (κ1) is 21.3. The van der Waals surface area contributed by atoms with Gasteiger partial charge in [0, 0.05) is 17.2 Å². The van der Waals surface area contributed by atoms with Crippen LogP contribution in [0, 0.1) is 20.8 Å². The van der Waals surface area contributed by atoms with Gasteiger partial charge in [-0.2, -0.15) is 0 Å². The standard InChI is InChI=1S/C26H31N3O2/c1-17-10-11-18(2)23(16-17)27-25(30)19(3)29-14-12-22(13-15-29)26-28-24(20(4)31-26)21-8-6-5-7-9-21/h5-11,16,19,22H,12-15H2,1-4H3,(H,27,30). The molecule has 5 nitrogen and oxygen atoms in total. The summed E-state index contributed by atoms with van der Waals surface area (Å²) in [5.74, 6) is 2.03. The van der Waals surface area contributed by atoms with E-state index in [2.05, 4.69) is 28.4 Å². The van der Waals surface area contributed by atoms with E-state index < -0.39 is 0 Å². The van der Waals surface area contributed by atoms with Crippen molar-refractivity contribution in [1.82, 2.24) is 9.88 Å². The van der Waals surface area contributed by atoms with Crippen molar-refractivity contribution in [3.8, 4) is 11.3 Å². The fraction of sp³-hybridized carbons (Fsp3) is 0.385. The summed E-state index contributed by atoms with van der Waals surface area (Å²) in [7, 11) is 0. The van der Waals surface area contributed by atoms with Crippen molar-refractivity contribution in [1.29, 1.82) is 0 Å². The number of oxazole rings is 1. The molecule has 1 aromatic heterocycles. The van der Waals surface area contributed by atoms with Crippen LogP contribution in [0.15, 0.2) is 52.9 Å².